The molecule has 7 heteroatoms. The molecule has 0 spiro atoms. The highest BCUT2D eigenvalue weighted by Gasteiger charge is 2.15. The zero-order chi connectivity index (χ0) is 22.5. The van der Waals surface area contributed by atoms with E-state index >= 15 is 0 Å². The number of carbonyl (C=O) groups is 1. The minimum Gasteiger partial charge on any atom is -0.486 e. The van der Waals surface area contributed by atoms with Crippen molar-refractivity contribution < 1.29 is 9.53 Å². The molecule has 1 N–H and O–H groups in total. The standard InChI is InChI=1S/C25H30N4O2S/c1-4-29-23(15-31-21-12-11-19-7-5-6-8-20(19)14-21)27-28-25(29)32-16-24(30)26-22-13-17(2)9-10-18(22)3/h9-14H,4-8,15-16H2,1-3H3,(H,26,30). The molecule has 0 saturated carbocycles. The summed E-state index contributed by atoms with van der Waals surface area (Å²) in [6.07, 6.45) is 4.81. The molecule has 32 heavy (non-hydrogen) atoms. The number of nitrogens with one attached hydrogen (secondary N) is 1. The van der Waals surface area contributed by atoms with Gasteiger partial charge in [-0.3, -0.25) is 4.79 Å². The van der Waals surface area contributed by atoms with Gasteiger partial charge in [-0.25, -0.2) is 0 Å². The molecule has 2 aromatic carbocycles. The maximum absolute atomic E-state index is 12.5. The highest BCUT2D eigenvalue weighted by atomic mass is 32.2. The average Bonchev–Trinajstić information content (AvgIpc) is 3.20. The highest BCUT2D eigenvalue weighted by molar-refractivity contribution is 7.99. The van der Waals surface area contributed by atoms with Crippen molar-refractivity contribution in [2.24, 2.45) is 0 Å². The molecule has 0 saturated heterocycles. The molecule has 0 atom stereocenters. The fraction of sp³-hybridized carbons (Fsp3) is 0.400. The predicted molar refractivity (Wildman–Crippen MR) is 128 cm³/mol. The summed E-state index contributed by atoms with van der Waals surface area (Å²) in [5, 5.41) is 12.3. The van der Waals surface area contributed by atoms with Crippen LogP contribution in [0, 0.1) is 13.8 Å². The minimum absolute atomic E-state index is 0.0544. The van der Waals surface area contributed by atoms with Gasteiger partial charge in [0.1, 0.15) is 12.4 Å². The lowest BCUT2D eigenvalue weighted by Crippen LogP contribution is -2.15. The number of rotatable bonds is 8. The smallest absolute Gasteiger partial charge is 0.234 e. The zero-order valence-corrected chi connectivity index (χ0v) is 19.8. The van der Waals surface area contributed by atoms with Crippen LogP contribution in [0.3, 0.4) is 0 Å². The quantitative estimate of drug-likeness (QED) is 0.483. The Morgan fingerprint density at radius 2 is 1.91 bits per heavy atom. The molecule has 0 unspecified atom stereocenters. The molecule has 0 radical (unpaired) electrons. The van der Waals surface area contributed by atoms with E-state index in [4.69, 9.17) is 4.74 Å². The molecular formula is C25H30N4O2S. The van der Waals surface area contributed by atoms with E-state index < -0.39 is 0 Å². The molecule has 1 aromatic heterocycles. The molecule has 6 nitrogen and oxygen atoms in total. The van der Waals surface area contributed by atoms with Gasteiger partial charge in [-0.2, -0.15) is 0 Å². The van der Waals surface area contributed by atoms with Crippen molar-refractivity contribution in [1.29, 1.82) is 0 Å². The van der Waals surface area contributed by atoms with Crippen LogP contribution in [0.5, 0.6) is 5.75 Å². The summed E-state index contributed by atoms with van der Waals surface area (Å²) in [4.78, 5) is 12.5. The van der Waals surface area contributed by atoms with Gasteiger partial charge in [-0.05, 0) is 86.9 Å². The van der Waals surface area contributed by atoms with Crippen LogP contribution in [-0.2, 0) is 30.8 Å². The Balaban J connectivity index is 1.35. The van der Waals surface area contributed by atoms with E-state index in [0.717, 1.165) is 52.9 Å². The second kappa shape index (κ2) is 10.2. The maximum atomic E-state index is 12.5. The summed E-state index contributed by atoms with van der Waals surface area (Å²) in [5.41, 5.74) is 5.86. The number of ether oxygens (including phenoxy) is 1. The van der Waals surface area contributed by atoms with Crippen molar-refractivity contribution >= 4 is 23.4 Å². The van der Waals surface area contributed by atoms with Gasteiger partial charge >= 0.3 is 0 Å². The van der Waals surface area contributed by atoms with E-state index in [0.29, 0.717) is 6.61 Å². The molecule has 3 aromatic rings. The third kappa shape index (κ3) is 5.33. The number of hydrogen-bond acceptors (Lipinski definition) is 5. The molecule has 0 fully saturated rings. The SMILES string of the molecule is CCn1c(COc2ccc3c(c2)CCCC3)nnc1SCC(=O)Nc1cc(C)ccc1C. The Morgan fingerprint density at radius 1 is 1.09 bits per heavy atom. The first-order valence-corrected chi connectivity index (χ1v) is 12.2. The van der Waals surface area contributed by atoms with Crippen molar-refractivity contribution in [3.05, 3.63) is 64.5 Å². The first-order valence-electron chi connectivity index (χ1n) is 11.2. The molecule has 4 rings (SSSR count). The third-order valence-electron chi connectivity index (χ3n) is 5.80. The van der Waals surface area contributed by atoms with Crippen LogP contribution >= 0.6 is 11.8 Å². The molecular weight excluding hydrogens is 420 g/mol. The van der Waals surface area contributed by atoms with Crippen molar-refractivity contribution in [2.75, 3.05) is 11.1 Å². The van der Waals surface area contributed by atoms with Crippen LogP contribution in [0.15, 0.2) is 41.6 Å². The topological polar surface area (TPSA) is 69.0 Å². The summed E-state index contributed by atoms with van der Waals surface area (Å²) in [6.45, 7) is 7.13. The van der Waals surface area contributed by atoms with Crippen molar-refractivity contribution in [3.63, 3.8) is 0 Å². The van der Waals surface area contributed by atoms with Gasteiger partial charge in [-0.15, -0.1) is 10.2 Å². The van der Waals surface area contributed by atoms with Gasteiger partial charge in [0.15, 0.2) is 11.0 Å². The van der Waals surface area contributed by atoms with Gasteiger partial charge < -0.3 is 14.6 Å². The number of aryl methyl sites for hydroxylation is 4. The Labute approximate surface area is 193 Å². The van der Waals surface area contributed by atoms with Crippen molar-refractivity contribution in [1.82, 2.24) is 14.8 Å². The Kier molecular flexibility index (Phi) is 7.15. The maximum Gasteiger partial charge on any atom is 0.234 e. The third-order valence-corrected chi connectivity index (χ3v) is 6.76. The number of aromatic nitrogens is 3. The first kappa shape index (κ1) is 22.4. The summed E-state index contributed by atoms with van der Waals surface area (Å²) in [7, 11) is 0. The second-order valence-electron chi connectivity index (χ2n) is 8.22. The van der Waals surface area contributed by atoms with Gasteiger partial charge in [0.25, 0.3) is 0 Å². The number of amides is 1. The Hall–Kier alpha value is -2.80. The fourth-order valence-corrected chi connectivity index (χ4v) is 4.81. The molecule has 1 aliphatic rings. The fourth-order valence-electron chi connectivity index (χ4n) is 3.98. The number of anilines is 1. The zero-order valence-electron chi connectivity index (χ0n) is 19.0. The number of hydrogen-bond donors (Lipinski definition) is 1. The van der Waals surface area contributed by atoms with Crippen LogP contribution in [0.1, 0.15) is 47.8 Å². The van der Waals surface area contributed by atoms with Crippen LogP contribution in [0.2, 0.25) is 0 Å². The van der Waals surface area contributed by atoms with Gasteiger partial charge in [0, 0.05) is 12.2 Å². The summed E-state index contributed by atoms with van der Waals surface area (Å²) in [6, 6.07) is 12.4. The molecule has 0 aliphatic heterocycles. The van der Waals surface area contributed by atoms with E-state index in [1.165, 1.54) is 35.7 Å². The predicted octanol–water partition coefficient (Wildman–Crippen LogP) is 5.10. The lowest BCUT2D eigenvalue weighted by atomic mass is 9.92. The Bertz CT molecular complexity index is 1110. The summed E-state index contributed by atoms with van der Waals surface area (Å²) < 4.78 is 8.04. The lowest BCUT2D eigenvalue weighted by molar-refractivity contribution is -0.113. The molecule has 0 bridgehead atoms. The largest absolute Gasteiger partial charge is 0.486 e. The Morgan fingerprint density at radius 3 is 2.72 bits per heavy atom. The average molecular weight is 451 g/mol. The van der Waals surface area contributed by atoms with Crippen LogP contribution in [0.25, 0.3) is 0 Å². The van der Waals surface area contributed by atoms with E-state index in [9.17, 15) is 4.79 Å². The lowest BCUT2D eigenvalue weighted by Gasteiger charge is -2.16. The normalized spacial score (nSPS) is 13.0. The second-order valence-corrected chi connectivity index (χ2v) is 9.17. The van der Waals surface area contributed by atoms with E-state index in [2.05, 4.69) is 27.6 Å². The summed E-state index contributed by atoms with van der Waals surface area (Å²) in [5.74, 6) is 1.86. The number of carbonyl (C=O) groups excluding carboxylic acids is 1. The van der Waals surface area contributed by atoms with Gasteiger partial charge in [-0.1, -0.05) is 30.0 Å². The van der Waals surface area contributed by atoms with E-state index in [1.54, 1.807) is 0 Å². The number of thioether (sulfide) groups is 1. The van der Waals surface area contributed by atoms with E-state index in [1.807, 2.05) is 49.6 Å². The molecule has 1 heterocycles. The van der Waals surface area contributed by atoms with E-state index in [-0.39, 0.29) is 11.7 Å². The number of nitrogens with zero attached hydrogens (tertiary/aromatic N) is 3. The van der Waals surface area contributed by atoms with Crippen LogP contribution in [-0.4, -0.2) is 26.4 Å². The summed E-state index contributed by atoms with van der Waals surface area (Å²) >= 11 is 1.39. The minimum atomic E-state index is -0.0544. The van der Waals surface area contributed by atoms with Crippen molar-refractivity contribution in [3.8, 4) is 5.75 Å². The van der Waals surface area contributed by atoms with Gasteiger partial charge in [0.2, 0.25) is 5.91 Å². The molecule has 1 aliphatic carbocycles. The van der Waals surface area contributed by atoms with Crippen LogP contribution < -0.4 is 10.1 Å². The highest BCUT2D eigenvalue weighted by Crippen LogP contribution is 2.26. The van der Waals surface area contributed by atoms with Gasteiger partial charge in [0.05, 0.1) is 5.75 Å². The van der Waals surface area contributed by atoms with Crippen LogP contribution in [0.4, 0.5) is 5.69 Å². The monoisotopic (exact) mass is 450 g/mol. The first-order chi connectivity index (χ1) is 15.5. The molecule has 168 valence electrons. The molecule has 1 amide bonds. The number of benzene rings is 2. The number of fused-ring (bicyclic) bond motifs is 1. The van der Waals surface area contributed by atoms with Crippen molar-refractivity contribution in [2.45, 2.75) is 64.8 Å².